The van der Waals surface area contributed by atoms with Gasteiger partial charge in [-0.05, 0) is 11.8 Å². The Balaban J connectivity index is 2.34. The number of hydrogen-bond acceptors (Lipinski definition) is 2. The number of aromatic nitrogens is 2. The summed E-state index contributed by atoms with van der Waals surface area (Å²) in [6.45, 7) is 5.16. The Kier molecular flexibility index (Phi) is 1.37. The maximum Gasteiger partial charge on any atom is 0.114 e. The lowest BCUT2D eigenvalue weighted by Crippen LogP contribution is -2.26. The zero-order chi connectivity index (χ0) is 8.82. The van der Waals surface area contributed by atoms with Gasteiger partial charge in [0.05, 0.1) is 0 Å². The number of nitrogens with zero attached hydrogens (tertiary/aromatic N) is 1. The molecule has 1 aromatic heterocycles. The van der Waals surface area contributed by atoms with Crippen LogP contribution in [0.5, 0.6) is 0 Å². The Morgan fingerprint density at radius 3 is 2.67 bits per heavy atom. The first kappa shape index (κ1) is 7.80. The molecule has 0 amide bonds. The highest BCUT2D eigenvalue weighted by molar-refractivity contribution is 5.28. The third-order valence-corrected chi connectivity index (χ3v) is 3.21. The number of imidazole rings is 1. The van der Waals surface area contributed by atoms with Crippen LogP contribution in [-0.4, -0.2) is 16.5 Å². The average molecular weight is 165 g/mol. The van der Waals surface area contributed by atoms with Crippen molar-refractivity contribution in [1.82, 2.24) is 9.97 Å². The van der Waals surface area contributed by atoms with Gasteiger partial charge in [0.15, 0.2) is 0 Å². The van der Waals surface area contributed by atoms with Crippen LogP contribution in [0, 0.1) is 5.41 Å². The first-order valence-corrected chi connectivity index (χ1v) is 4.32. The summed E-state index contributed by atoms with van der Waals surface area (Å²) in [4.78, 5) is 7.44. The molecule has 66 valence electrons. The van der Waals surface area contributed by atoms with Crippen LogP contribution in [0.25, 0.3) is 0 Å². The van der Waals surface area contributed by atoms with Crippen molar-refractivity contribution in [1.29, 1.82) is 0 Å². The molecular formula is C9H15N3. The van der Waals surface area contributed by atoms with Crippen molar-refractivity contribution in [3.63, 3.8) is 0 Å². The molecule has 0 saturated heterocycles. The monoisotopic (exact) mass is 165 g/mol. The molecule has 1 atom stereocenters. The molecule has 1 heterocycles. The van der Waals surface area contributed by atoms with Crippen molar-refractivity contribution in [2.24, 2.45) is 11.1 Å². The first-order chi connectivity index (χ1) is 5.62. The van der Waals surface area contributed by atoms with E-state index in [-0.39, 0.29) is 5.41 Å². The molecule has 3 N–H and O–H groups in total. The molecule has 1 aliphatic carbocycles. The van der Waals surface area contributed by atoms with Gasteiger partial charge in [-0.25, -0.2) is 4.98 Å². The molecule has 0 spiro atoms. The standard InChI is InChI=1S/C9H15N3/c1-8(2)5-9(8,6-10)7-11-3-4-12-7/h3-4H,5-6,10H2,1-2H3,(H,11,12). The molecule has 0 aliphatic heterocycles. The lowest BCUT2D eigenvalue weighted by Gasteiger charge is -2.14. The van der Waals surface area contributed by atoms with Crippen LogP contribution in [-0.2, 0) is 5.41 Å². The molecule has 2 rings (SSSR count). The summed E-state index contributed by atoms with van der Waals surface area (Å²) in [5.74, 6) is 1.05. The Bertz CT molecular complexity index is 276. The molecule has 1 fully saturated rings. The lowest BCUT2D eigenvalue weighted by molar-refractivity contribution is 0.484. The molecule has 0 radical (unpaired) electrons. The third-order valence-electron chi connectivity index (χ3n) is 3.21. The summed E-state index contributed by atoms with van der Waals surface area (Å²) in [5.41, 5.74) is 6.22. The summed E-state index contributed by atoms with van der Waals surface area (Å²) in [6, 6.07) is 0. The van der Waals surface area contributed by atoms with E-state index in [1.807, 2.05) is 6.20 Å². The second-order valence-corrected chi connectivity index (χ2v) is 4.28. The second-order valence-electron chi connectivity index (χ2n) is 4.28. The van der Waals surface area contributed by atoms with E-state index < -0.39 is 0 Å². The molecule has 0 bridgehead atoms. The Morgan fingerprint density at radius 1 is 1.67 bits per heavy atom. The molecule has 0 aromatic carbocycles. The highest BCUT2D eigenvalue weighted by Crippen LogP contribution is 2.62. The van der Waals surface area contributed by atoms with Gasteiger partial charge >= 0.3 is 0 Å². The van der Waals surface area contributed by atoms with E-state index in [0.717, 1.165) is 12.2 Å². The second kappa shape index (κ2) is 2.10. The first-order valence-electron chi connectivity index (χ1n) is 4.32. The van der Waals surface area contributed by atoms with E-state index in [1.165, 1.54) is 0 Å². The lowest BCUT2D eigenvalue weighted by atomic mass is 9.95. The summed E-state index contributed by atoms with van der Waals surface area (Å²) in [6.07, 6.45) is 4.80. The van der Waals surface area contributed by atoms with E-state index in [4.69, 9.17) is 5.73 Å². The number of nitrogens with two attached hydrogens (primary N) is 1. The smallest absolute Gasteiger partial charge is 0.114 e. The number of H-pyrrole nitrogens is 1. The maximum atomic E-state index is 5.78. The van der Waals surface area contributed by atoms with Gasteiger partial charge in [-0.2, -0.15) is 0 Å². The van der Waals surface area contributed by atoms with Gasteiger partial charge in [-0.3, -0.25) is 0 Å². The van der Waals surface area contributed by atoms with Gasteiger partial charge in [0.2, 0.25) is 0 Å². The fourth-order valence-corrected chi connectivity index (χ4v) is 2.09. The molecule has 3 heteroatoms. The SMILES string of the molecule is CC1(C)CC1(CN)c1ncc[nH]1. The quantitative estimate of drug-likeness (QED) is 0.688. The van der Waals surface area contributed by atoms with E-state index >= 15 is 0 Å². The van der Waals surface area contributed by atoms with Gasteiger partial charge in [0.1, 0.15) is 5.82 Å². The van der Waals surface area contributed by atoms with E-state index in [1.54, 1.807) is 6.20 Å². The maximum absolute atomic E-state index is 5.78. The minimum Gasteiger partial charge on any atom is -0.348 e. The molecule has 1 aliphatic rings. The van der Waals surface area contributed by atoms with E-state index in [9.17, 15) is 0 Å². The molecule has 1 aromatic rings. The normalized spacial score (nSPS) is 31.9. The topological polar surface area (TPSA) is 54.7 Å². The fourth-order valence-electron chi connectivity index (χ4n) is 2.09. The van der Waals surface area contributed by atoms with E-state index in [0.29, 0.717) is 12.0 Å². The minimum atomic E-state index is 0.122. The van der Waals surface area contributed by atoms with Crippen molar-refractivity contribution in [3.05, 3.63) is 18.2 Å². The van der Waals surface area contributed by atoms with Crippen LogP contribution in [0.15, 0.2) is 12.4 Å². The minimum absolute atomic E-state index is 0.122. The predicted molar refractivity (Wildman–Crippen MR) is 47.7 cm³/mol. The van der Waals surface area contributed by atoms with Crippen LogP contribution in [0.2, 0.25) is 0 Å². The summed E-state index contributed by atoms with van der Waals surface area (Å²) >= 11 is 0. The zero-order valence-electron chi connectivity index (χ0n) is 7.59. The van der Waals surface area contributed by atoms with Crippen molar-refractivity contribution >= 4 is 0 Å². The van der Waals surface area contributed by atoms with Crippen molar-refractivity contribution < 1.29 is 0 Å². The summed E-state index contributed by atoms with van der Waals surface area (Å²) in [7, 11) is 0. The van der Waals surface area contributed by atoms with Crippen LogP contribution in [0.1, 0.15) is 26.1 Å². The largest absolute Gasteiger partial charge is 0.348 e. The van der Waals surface area contributed by atoms with Crippen LogP contribution in [0.3, 0.4) is 0 Å². The van der Waals surface area contributed by atoms with E-state index in [2.05, 4.69) is 23.8 Å². The molecule has 12 heavy (non-hydrogen) atoms. The molecule has 3 nitrogen and oxygen atoms in total. The number of hydrogen-bond donors (Lipinski definition) is 2. The van der Waals surface area contributed by atoms with Crippen molar-refractivity contribution in [2.45, 2.75) is 25.7 Å². The third kappa shape index (κ3) is 0.771. The highest BCUT2D eigenvalue weighted by atomic mass is 15.0. The van der Waals surface area contributed by atoms with Crippen LogP contribution >= 0.6 is 0 Å². The predicted octanol–water partition coefficient (Wildman–Crippen LogP) is 1.04. The zero-order valence-corrected chi connectivity index (χ0v) is 7.59. The Morgan fingerprint density at radius 2 is 2.33 bits per heavy atom. The van der Waals surface area contributed by atoms with Gasteiger partial charge in [0, 0.05) is 24.4 Å². The number of rotatable bonds is 2. The van der Waals surface area contributed by atoms with Gasteiger partial charge in [0.25, 0.3) is 0 Å². The van der Waals surface area contributed by atoms with Gasteiger partial charge < -0.3 is 10.7 Å². The van der Waals surface area contributed by atoms with Crippen molar-refractivity contribution in [2.75, 3.05) is 6.54 Å². The van der Waals surface area contributed by atoms with Gasteiger partial charge in [-0.15, -0.1) is 0 Å². The highest BCUT2D eigenvalue weighted by Gasteiger charge is 2.62. The number of aromatic amines is 1. The Labute approximate surface area is 72.4 Å². The van der Waals surface area contributed by atoms with Crippen LogP contribution in [0.4, 0.5) is 0 Å². The molecular weight excluding hydrogens is 150 g/mol. The summed E-state index contributed by atoms with van der Waals surface area (Å²) in [5, 5.41) is 0. The fraction of sp³-hybridized carbons (Fsp3) is 0.667. The van der Waals surface area contributed by atoms with Gasteiger partial charge in [-0.1, -0.05) is 13.8 Å². The summed E-state index contributed by atoms with van der Waals surface area (Å²) < 4.78 is 0. The molecule has 1 unspecified atom stereocenters. The van der Waals surface area contributed by atoms with Crippen LogP contribution < -0.4 is 5.73 Å². The average Bonchev–Trinajstić information content (AvgIpc) is 2.52. The Hall–Kier alpha value is -0.830. The number of nitrogens with one attached hydrogen (secondary N) is 1. The molecule has 1 saturated carbocycles. The van der Waals surface area contributed by atoms with Crippen molar-refractivity contribution in [3.8, 4) is 0 Å².